The van der Waals surface area contributed by atoms with Crippen molar-refractivity contribution in [3.05, 3.63) is 98.9 Å². The van der Waals surface area contributed by atoms with E-state index in [-0.39, 0.29) is 16.7 Å². The van der Waals surface area contributed by atoms with Gasteiger partial charge in [-0.1, -0.05) is 18.2 Å². The molecule has 11 nitrogen and oxygen atoms in total. The SMILES string of the molecule is O=c1oc2c(OS(=O)(=O)c3ccc([N+](=O)[O-])cc3)cccc2cc1NS(=O)(=O)c1cccc(C(F)(F)F)c1. The summed E-state index contributed by atoms with van der Waals surface area (Å²) in [6.45, 7) is 0. The highest BCUT2D eigenvalue weighted by molar-refractivity contribution is 7.92. The number of non-ortho nitro benzene ring substituents is 1. The molecule has 1 heterocycles. The van der Waals surface area contributed by atoms with Gasteiger partial charge in [-0.25, -0.2) is 13.2 Å². The van der Waals surface area contributed by atoms with Crippen molar-refractivity contribution in [3.63, 3.8) is 0 Å². The Hall–Kier alpha value is -4.44. The van der Waals surface area contributed by atoms with Gasteiger partial charge in [0.1, 0.15) is 10.6 Å². The summed E-state index contributed by atoms with van der Waals surface area (Å²) < 4.78 is 101. The van der Waals surface area contributed by atoms with Gasteiger partial charge in [0.25, 0.3) is 15.7 Å². The van der Waals surface area contributed by atoms with Gasteiger partial charge >= 0.3 is 21.9 Å². The predicted octanol–water partition coefficient (Wildman–Crippen LogP) is 4.29. The lowest BCUT2D eigenvalue weighted by atomic mass is 10.2. The number of halogens is 3. The Kier molecular flexibility index (Phi) is 6.62. The molecule has 0 amide bonds. The van der Waals surface area contributed by atoms with Gasteiger partial charge in [-0.2, -0.15) is 21.6 Å². The fourth-order valence-corrected chi connectivity index (χ4v) is 5.22. The number of rotatable bonds is 7. The molecule has 38 heavy (non-hydrogen) atoms. The Labute approximate surface area is 211 Å². The van der Waals surface area contributed by atoms with Crippen molar-refractivity contribution in [2.45, 2.75) is 16.0 Å². The van der Waals surface area contributed by atoms with Crippen LogP contribution in [0, 0.1) is 10.1 Å². The highest BCUT2D eigenvalue weighted by atomic mass is 32.2. The van der Waals surface area contributed by atoms with E-state index in [9.17, 15) is 44.9 Å². The second kappa shape index (κ2) is 9.46. The van der Waals surface area contributed by atoms with Crippen molar-refractivity contribution in [3.8, 4) is 5.75 Å². The molecule has 0 spiro atoms. The van der Waals surface area contributed by atoms with Crippen molar-refractivity contribution in [2.24, 2.45) is 0 Å². The summed E-state index contributed by atoms with van der Waals surface area (Å²) in [4.78, 5) is 21.4. The molecule has 0 bridgehead atoms. The van der Waals surface area contributed by atoms with Crippen LogP contribution >= 0.6 is 0 Å². The average Bonchev–Trinajstić information content (AvgIpc) is 2.84. The smallest absolute Gasteiger partial charge is 0.416 e. The first-order valence-electron chi connectivity index (χ1n) is 10.1. The minimum Gasteiger partial charge on any atom is -0.417 e. The Morgan fingerprint density at radius 2 is 1.55 bits per heavy atom. The summed E-state index contributed by atoms with van der Waals surface area (Å²) in [6, 6.07) is 11.4. The predicted molar refractivity (Wildman–Crippen MR) is 126 cm³/mol. The molecule has 1 aromatic heterocycles. The summed E-state index contributed by atoms with van der Waals surface area (Å²) in [5.41, 5.74) is -3.92. The van der Waals surface area contributed by atoms with E-state index in [1.165, 1.54) is 12.1 Å². The highest BCUT2D eigenvalue weighted by Crippen LogP contribution is 2.32. The molecule has 4 aromatic rings. The summed E-state index contributed by atoms with van der Waals surface area (Å²) in [5, 5.41) is 10.8. The van der Waals surface area contributed by atoms with Crippen LogP contribution in [0.5, 0.6) is 5.75 Å². The lowest BCUT2D eigenvalue weighted by molar-refractivity contribution is -0.384. The molecule has 0 saturated heterocycles. The quantitative estimate of drug-likeness (QED) is 0.148. The van der Waals surface area contributed by atoms with Gasteiger partial charge in [-0.05, 0) is 42.5 Å². The number of fused-ring (bicyclic) bond motifs is 1. The molecule has 0 fully saturated rings. The van der Waals surface area contributed by atoms with Gasteiger partial charge < -0.3 is 8.60 Å². The second-order valence-corrected chi connectivity index (χ2v) is 10.8. The Morgan fingerprint density at radius 3 is 2.18 bits per heavy atom. The number of hydrogen-bond acceptors (Lipinski definition) is 9. The summed E-state index contributed by atoms with van der Waals surface area (Å²) in [6.07, 6.45) is -4.81. The Morgan fingerprint density at radius 1 is 0.895 bits per heavy atom. The van der Waals surface area contributed by atoms with E-state index >= 15 is 0 Å². The molecular weight excluding hydrogens is 557 g/mol. The maximum absolute atomic E-state index is 13.0. The average molecular weight is 570 g/mol. The normalized spacial score (nSPS) is 12.3. The van der Waals surface area contributed by atoms with E-state index in [1.54, 1.807) is 0 Å². The van der Waals surface area contributed by atoms with Crippen molar-refractivity contribution in [1.29, 1.82) is 0 Å². The zero-order valence-corrected chi connectivity index (χ0v) is 20.1. The van der Waals surface area contributed by atoms with E-state index in [4.69, 9.17) is 8.60 Å². The molecular formula is C22H13F3N2O9S2. The summed E-state index contributed by atoms with van der Waals surface area (Å²) in [5.74, 6) is -0.453. The van der Waals surface area contributed by atoms with Crippen molar-refractivity contribution in [1.82, 2.24) is 0 Å². The van der Waals surface area contributed by atoms with Crippen molar-refractivity contribution < 1.29 is 43.5 Å². The van der Waals surface area contributed by atoms with Crippen LogP contribution in [0.25, 0.3) is 11.0 Å². The van der Waals surface area contributed by atoms with Crippen molar-refractivity contribution >= 4 is 42.5 Å². The third kappa shape index (κ3) is 5.45. The number of hydrogen-bond donors (Lipinski definition) is 1. The minimum atomic E-state index is -4.81. The molecule has 4 rings (SSSR count). The summed E-state index contributed by atoms with van der Waals surface area (Å²) >= 11 is 0. The van der Waals surface area contributed by atoms with Crippen LogP contribution in [-0.2, 0) is 26.3 Å². The molecule has 3 aromatic carbocycles. The third-order valence-electron chi connectivity index (χ3n) is 4.98. The molecule has 0 unspecified atom stereocenters. The number of para-hydroxylation sites is 1. The van der Waals surface area contributed by atoms with Crippen LogP contribution in [0.2, 0.25) is 0 Å². The monoisotopic (exact) mass is 570 g/mol. The molecule has 1 N–H and O–H groups in total. The van der Waals surface area contributed by atoms with Crippen LogP contribution in [0.1, 0.15) is 5.56 Å². The number of nitro groups is 1. The van der Waals surface area contributed by atoms with Gasteiger partial charge in [0.2, 0.25) is 0 Å². The van der Waals surface area contributed by atoms with E-state index < -0.39 is 63.7 Å². The van der Waals surface area contributed by atoms with Gasteiger partial charge in [-0.15, -0.1) is 0 Å². The number of benzene rings is 3. The number of alkyl halides is 3. The number of nitrogens with zero attached hydrogens (tertiary/aromatic N) is 1. The van der Waals surface area contributed by atoms with Crippen LogP contribution in [0.3, 0.4) is 0 Å². The highest BCUT2D eigenvalue weighted by Gasteiger charge is 2.32. The largest absolute Gasteiger partial charge is 0.417 e. The second-order valence-electron chi connectivity index (χ2n) is 7.54. The van der Waals surface area contributed by atoms with Gasteiger partial charge in [0.05, 0.1) is 15.4 Å². The van der Waals surface area contributed by atoms with Gasteiger partial charge in [0, 0.05) is 17.5 Å². The zero-order chi connectivity index (χ0) is 27.9. The maximum atomic E-state index is 13.0. The van der Waals surface area contributed by atoms with Crippen LogP contribution < -0.4 is 14.5 Å². The van der Waals surface area contributed by atoms with Gasteiger partial charge in [0.15, 0.2) is 11.3 Å². The molecule has 0 atom stereocenters. The zero-order valence-electron chi connectivity index (χ0n) is 18.5. The molecule has 16 heteroatoms. The van der Waals surface area contributed by atoms with Crippen LogP contribution in [-0.4, -0.2) is 21.8 Å². The first-order valence-corrected chi connectivity index (χ1v) is 13.0. The molecule has 0 aliphatic rings. The molecule has 198 valence electrons. The van der Waals surface area contributed by atoms with Crippen molar-refractivity contribution in [2.75, 3.05) is 4.72 Å². The number of anilines is 1. The lowest BCUT2D eigenvalue weighted by Crippen LogP contribution is -2.19. The number of nitro benzene ring substituents is 1. The maximum Gasteiger partial charge on any atom is 0.416 e. The fourth-order valence-electron chi connectivity index (χ4n) is 3.20. The van der Waals surface area contributed by atoms with E-state index in [0.717, 1.165) is 48.5 Å². The molecule has 0 saturated carbocycles. The van der Waals surface area contributed by atoms with Gasteiger partial charge in [-0.3, -0.25) is 14.8 Å². The topological polar surface area (TPSA) is 163 Å². The summed E-state index contributed by atoms with van der Waals surface area (Å²) in [7, 11) is -9.20. The first-order chi connectivity index (χ1) is 17.7. The molecule has 0 aliphatic heterocycles. The molecule has 0 aliphatic carbocycles. The Bertz CT molecular complexity index is 1830. The number of sulfonamides is 1. The standard InChI is InChI=1S/C22H13F3N2O9S2/c23-22(24,25)14-4-2-5-17(12-14)37(31,32)26-18-11-13-3-1-6-19(20(13)35-21(18)28)36-38(33,34)16-9-7-15(8-10-16)27(29)30/h1-12,26H. The minimum absolute atomic E-state index is 0.00254. The van der Waals surface area contributed by atoms with E-state index in [0.29, 0.717) is 12.1 Å². The number of nitrogens with one attached hydrogen (secondary N) is 1. The van der Waals surface area contributed by atoms with E-state index in [2.05, 4.69) is 0 Å². The fraction of sp³-hybridized carbons (Fsp3) is 0.0455. The lowest BCUT2D eigenvalue weighted by Gasteiger charge is -2.12. The van der Waals surface area contributed by atoms with E-state index in [1.807, 2.05) is 4.72 Å². The molecule has 0 radical (unpaired) electrons. The Balaban J connectivity index is 1.67. The van der Waals surface area contributed by atoms with Crippen LogP contribution in [0.15, 0.2) is 91.8 Å². The third-order valence-corrected chi connectivity index (χ3v) is 7.59. The first kappa shape index (κ1) is 26.6. The van der Waals surface area contributed by atoms with Crippen LogP contribution in [0.4, 0.5) is 24.5 Å².